The molecule has 3 unspecified atom stereocenters. The minimum Gasteiger partial charge on any atom is -0.310 e. The second-order valence-electron chi connectivity index (χ2n) is 6.24. The molecular weight excluding hydrogens is 274 g/mol. The number of hydrogen-bond donors (Lipinski definition) is 1. The van der Waals surface area contributed by atoms with Gasteiger partial charge in [-0.2, -0.15) is 0 Å². The van der Waals surface area contributed by atoms with E-state index in [1.807, 2.05) is 11.8 Å². The molecule has 2 heteroatoms. The van der Waals surface area contributed by atoms with E-state index in [2.05, 4.69) is 50.4 Å². The first-order chi connectivity index (χ1) is 10.3. The van der Waals surface area contributed by atoms with Crippen molar-refractivity contribution in [2.45, 2.75) is 63.8 Å². The summed E-state index contributed by atoms with van der Waals surface area (Å²) in [4.78, 5) is 1.39. The molecule has 0 spiro atoms. The molecule has 3 atom stereocenters. The Kier molecular flexibility index (Phi) is 7.12. The zero-order valence-corrected chi connectivity index (χ0v) is 14.7. The molecule has 1 aromatic rings. The fraction of sp³-hybridized carbons (Fsp3) is 0.684. The second-order valence-corrected chi connectivity index (χ2v) is 7.58. The van der Waals surface area contributed by atoms with Crippen LogP contribution in [-0.2, 0) is 0 Å². The molecule has 1 aliphatic rings. The van der Waals surface area contributed by atoms with E-state index < -0.39 is 0 Å². The minimum atomic E-state index is 0.546. The first kappa shape index (κ1) is 16.9. The van der Waals surface area contributed by atoms with Crippen LogP contribution in [0.3, 0.4) is 0 Å². The molecule has 21 heavy (non-hydrogen) atoms. The molecular formula is C19H31NS. The van der Waals surface area contributed by atoms with Gasteiger partial charge in [0.25, 0.3) is 0 Å². The molecule has 1 N–H and O–H groups in total. The third kappa shape index (κ3) is 4.75. The maximum absolute atomic E-state index is 3.76. The van der Waals surface area contributed by atoms with Crippen LogP contribution in [-0.4, -0.2) is 12.3 Å². The minimum absolute atomic E-state index is 0.546. The van der Waals surface area contributed by atoms with Crippen LogP contribution in [0.25, 0.3) is 0 Å². The average molecular weight is 306 g/mol. The number of rotatable bonds is 7. The fourth-order valence-corrected chi connectivity index (χ4v) is 4.38. The zero-order chi connectivity index (χ0) is 15.1. The maximum Gasteiger partial charge on any atom is 0.0348 e. The molecule has 1 nitrogen and oxygen atoms in total. The molecule has 0 aliphatic heterocycles. The Morgan fingerprint density at radius 3 is 2.52 bits per heavy atom. The fourth-order valence-electron chi connectivity index (χ4n) is 3.72. The summed E-state index contributed by atoms with van der Waals surface area (Å²) in [5.74, 6) is 2.91. The predicted octanol–water partition coefficient (Wildman–Crippen LogP) is 5.67. The van der Waals surface area contributed by atoms with Crippen molar-refractivity contribution in [3.63, 3.8) is 0 Å². The first-order valence-electron chi connectivity index (χ1n) is 8.74. The molecule has 2 rings (SSSR count). The van der Waals surface area contributed by atoms with Crippen LogP contribution in [0.5, 0.6) is 0 Å². The van der Waals surface area contributed by atoms with Gasteiger partial charge in [0, 0.05) is 10.9 Å². The molecule has 0 heterocycles. The summed E-state index contributed by atoms with van der Waals surface area (Å²) in [5, 5.41) is 3.76. The van der Waals surface area contributed by atoms with Crippen molar-refractivity contribution in [3.05, 3.63) is 29.8 Å². The predicted molar refractivity (Wildman–Crippen MR) is 95.0 cm³/mol. The van der Waals surface area contributed by atoms with Gasteiger partial charge in [-0.25, -0.2) is 0 Å². The first-order valence-corrected chi connectivity index (χ1v) is 9.73. The van der Waals surface area contributed by atoms with Gasteiger partial charge < -0.3 is 5.32 Å². The molecule has 118 valence electrons. The van der Waals surface area contributed by atoms with Crippen molar-refractivity contribution >= 4 is 11.8 Å². The highest BCUT2D eigenvalue weighted by Crippen LogP contribution is 2.38. The summed E-state index contributed by atoms with van der Waals surface area (Å²) < 4.78 is 0. The van der Waals surface area contributed by atoms with E-state index in [0.717, 1.165) is 24.1 Å². The van der Waals surface area contributed by atoms with Crippen molar-refractivity contribution in [3.8, 4) is 0 Å². The van der Waals surface area contributed by atoms with Crippen LogP contribution >= 0.6 is 11.8 Å². The Hall–Kier alpha value is -0.470. The standard InChI is InChI=1S/C19H31NS/c1-4-15-8-7-9-17(14-15)19(20-5-2)16-10-12-18(13-11-16)21-6-3/h10-13,15,17,19-20H,4-9,14H2,1-3H3. The third-order valence-corrected chi connectivity index (χ3v) is 5.74. The Balaban J connectivity index is 2.09. The summed E-state index contributed by atoms with van der Waals surface area (Å²) in [6.45, 7) is 7.86. The average Bonchev–Trinajstić information content (AvgIpc) is 2.54. The summed E-state index contributed by atoms with van der Waals surface area (Å²) in [5.41, 5.74) is 1.49. The SMILES string of the molecule is CCNC(c1ccc(SCC)cc1)C1CCCC(CC)C1. The van der Waals surface area contributed by atoms with E-state index in [-0.39, 0.29) is 0 Å². The van der Waals surface area contributed by atoms with Crippen molar-refractivity contribution in [1.82, 2.24) is 5.32 Å². The van der Waals surface area contributed by atoms with Crippen LogP contribution < -0.4 is 5.32 Å². The monoisotopic (exact) mass is 305 g/mol. The van der Waals surface area contributed by atoms with Gasteiger partial charge >= 0.3 is 0 Å². The van der Waals surface area contributed by atoms with Gasteiger partial charge in [-0.15, -0.1) is 11.8 Å². The van der Waals surface area contributed by atoms with Crippen LogP contribution in [0.1, 0.15) is 64.5 Å². The highest BCUT2D eigenvalue weighted by molar-refractivity contribution is 7.99. The van der Waals surface area contributed by atoms with Gasteiger partial charge in [0.1, 0.15) is 0 Å². The van der Waals surface area contributed by atoms with E-state index in [1.165, 1.54) is 42.6 Å². The van der Waals surface area contributed by atoms with Gasteiger partial charge in [0.2, 0.25) is 0 Å². The molecule has 0 radical (unpaired) electrons. The third-order valence-electron chi connectivity index (χ3n) is 4.85. The van der Waals surface area contributed by atoms with Gasteiger partial charge in [0.15, 0.2) is 0 Å². The van der Waals surface area contributed by atoms with Crippen LogP contribution in [0.2, 0.25) is 0 Å². The summed E-state index contributed by atoms with van der Waals surface area (Å²) in [6, 6.07) is 9.84. The van der Waals surface area contributed by atoms with Crippen molar-refractivity contribution in [1.29, 1.82) is 0 Å². The van der Waals surface area contributed by atoms with E-state index >= 15 is 0 Å². The maximum atomic E-state index is 3.76. The normalized spacial score (nSPS) is 24.0. The second kappa shape index (κ2) is 8.85. The Morgan fingerprint density at radius 2 is 1.90 bits per heavy atom. The smallest absolute Gasteiger partial charge is 0.0348 e. The number of thioether (sulfide) groups is 1. The van der Waals surface area contributed by atoms with E-state index in [9.17, 15) is 0 Å². The lowest BCUT2D eigenvalue weighted by molar-refractivity contribution is 0.210. The Bertz CT molecular complexity index is 401. The van der Waals surface area contributed by atoms with Gasteiger partial charge in [0.05, 0.1) is 0 Å². The summed E-state index contributed by atoms with van der Waals surface area (Å²) in [7, 11) is 0. The van der Waals surface area contributed by atoms with Crippen LogP contribution in [0.15, 0.2) is 29.2 Å². The van der Waals surface area contributed by atoms with Gasteiger partial charge in [-0.05, 0) is 54.7 Å². The van der Waals surface area contributed by atoms with Crippen molar-refractivity contribution in [2.24, 2.45) is 11.8 Å². The number of nitrogens with one attached hydrogen (secondary N) is 1. The van der Waals surface area contributed by atoms with Crippen molar-refractivity contribution < 1.29 is 0 Å². The van der Waals surface area contributed by atoms with Gasteiger partial charge in [-0.3, -0.25) is 0 Å². The largest absolute Gasteiger partial charge is 0.310 e. The number of hydrogen-bond acceptors (Lipinski definition) is 2. The molecule has 0 saturated heterocycles. The summed E-state index contributed by atoms with van der Waals surface area (Å²) >= 11 is 1.93. The summed E-state index contributed by atoms with van der Waals surface area (Å²) in [6.07, 6.45) is 6.99. The van der Waals surface area contributed by atoms with Crippen LogP contribution in [0, 0.1) is 11.8 Å². The highest BCUT2D eigenvalue weighted by atomic mass is 32.2. The van der Waals surface area contributed by atoms with E-state index in [4.69, 9.17) is 0 Å². The van der Waals surface area contributed by atoms with Gasteiger partial charge in [-0.1, -0.05) is 52.2 Å². The molecule has 1 aromatic carbocycles. The van der Waals surface area contributed by atoms with E-state index in [0.29, 0.717) is 6.04 Å². The quantitative estimate of drug-likeness (QED) is 0.652. The molecule has 1 saturated carbocycles. The van der Waals surface area contributed by atoms with Crippen LogP contribution in [0.4, 0.5) is 0 Å². The lowest BCUT2D eigenvalue weighted by Gasteiger charge is -2.35. The van der Waals surface area contributed by atoms with Crippen molar-refractivity contribution in [2.75, 3.05) is 12.3 Å². The molecule has 0 amide bonds. The molecule has 0 aromatic heterocycles. The molecule has 0 bridgehead atoms. The topological polar surface area (TPSA) is 12.0 Å². The highest BCUT2D eigenvalue weighted by Gasteiger charge is 2.28. The lowest BCUT2D eigenvalue weighted by atomic mass is 9.75. The molecule has 1 aliphatic carbocycles. The number of benzene rings is 1. The zero-order valence-electron chi connectivity index (χ0n) is 13.9. The Morgan fingerprint density at radius 1 is 1.14 bits per heavy atom. The lowest BCUT2D eigenvalue weighted by Crippen LogP contribution is -2.31. The molecule has 1 fully saturated rings. The Labute approximate surface area is 135 Å². The van der Waals surface area contributed by atoms with E-state index in [1.54, 1.807) is 0 Å².